The third-order valence-corrected chi connectivity index (χ3v) is 2.00. The number of ketones is 1. The second kappa shape index (κ2) is 8.69. The van der Waals surface area contributed by atoms with Crippen molar-refractivity contribution in [3.8, 4) is 0 Å². The molecule has 6 heteroatoms. The summed E-state index contributed by atoms with van der Waals surface area (Å²) in [6, 6.07) is 0. The summed E-state index contributed by atoms with van der Waals surface area (Å²) in [4.78, 5) is 34.1. The van der Waals surface area contributed by atoms with E-state index in [2.05, 4.69) is 4.74 Å². The molecule has 0 aromatic rings. The Hall–Kier alpha value is -1.43. The third-order valence-electron chi connectivity index (χ3n) is 2.00. The molecule has 0 aromatic heterocycles. The highest BCUT2D eigenvalue weighted by atomic mass is 16.5. The number of aliphatic hydroxyl groups excluding tert-OH is 1. The van der Waals surface area contributed by atoms with E-state index >= 15 is 0 Å². The summed E-state index contributed by atoms with van der Waals surface area (Å²) >= 11 is 0. The monoisotopic (exact) mass is 246 g/mol. The highest BCUT2D eigenvalue weighted by molar-refractivity contribution is 6.06. The second-order valence-corrected chi connectivity index (χ2v) is 3.27. The van der Waals surface area contributed by atoms with E-state index in [4.69, 9.17) is 9.84 Å². The van der Waals surface area contributed by atoms with Crippen LogP contribution in [0.2, 0.25) is 0 Å². The molecule has 0 rings (SSSR count). The van der Waals surface area contributed by atoms with Crippen LogP contribution in [0.15, 0.2) is 0 Å². The molecule has 6 nitrogen and oxygen atoms in total. The van der Waals surface area contributed by atoms with E-state index in [9.17, 15) is 14.4 Å². The number of Topliss-reactive ketones (excluding diaryl/α,β-unsaturated/α-hetero) is 1. The van der Waals surface area contributed by atoms with Gasteiger partial charge in [-0.15, -0.1) is 0 Å². The lowest BCUT2D eigenvalue weighted by atomic mass is 9.98. The maximum absolute atomic E-state index is 11.6. The molecule has 0 radical (unpaired) electrons. The number of carbonyl (C=O) groups is 3. The number of carbonyl (C=O) groups excluding carboxylic acids is 3. The topological polar surface area (TPSA) is 89.9 Å². The molecule has 0 aliphatic carbocycles. The van der Waals surface area contributed by atoms with E-state index in [1.54, 1.807) is 13.8 Å². The third kappa shape index (κ3) is 6.01. The van der Waals surface area contributed by atoms with Gasteiger partial charge in [0.15, 0.2) is 5.78 Å². The Morgan fingerprint density at radius 3 is 2.18 bits per heavy atom. The summed E-state index contributed by atoms with van der Waals surface area (Å²) in [6.45, 7) is 3.24. The molecule has 0 spiro atoms. The molecule has 1 atom stereocenters. The van der Waals surface area contributed by atoms with Gasteiger partial charge in [-0.2, -0.15) is 0 Å². The molecule has 17 heavy (non-hydrogen) atoms. The Balaban J connectivity index is 4.43. The SMILES string of the molecule is CCOC(=O)CC(=O)C(CCO)C(=O)OCC. The van der Waals surface area contributed by atoms with Crippen molar-refractivity contribution in [1.29, 1.82) is 0 Å². The molecule has 0 aliphatic heterocycles. The first-order chi connectivity index (χ1) is 8.06. The van der Waals surface area contributed by atoms with E-state index < -0.39 is 30.1 Å². The van der Waals surface area contributed by atoms with Crippen LogP contribution in [0.1, 0.15) is 26.7 Å². The molecule has 0 aromatic carbocycles. The van der Waals surface area contributed by atoms with Crippen molar-refractivity contribution in [2.24, 2.45) is 5.92 Å². The van der Waals surface area contributed by atoms with Crippen LogP contribution in [0, 0.1) is 5.92 Å². The minimum Gasteiger partial charge on any atom is -0.466 e. The van der Waals surface area contributed by atoms with Gasteiger partial charge in [0.25, 0.3) is 0 Å². The zero-order chi connectivity index (χ0) is 13.3. The van der Waals surface area contributed by atoms with Crippen LogP contribution in [0.5, 0.6) is 0 Å². The van der Waals surface area contributed by atoms with Crippen LogP contribution in [0.4, 0.5) is 0 Å². The Morgan fingerprint density at radius 2 is 1.71 bits per heavy atom. The summed E-state index contributed by atoms with van der Waals surface area (Å²) in [6.07, 6.45) is -0.519. The molecule has 0 fully saturated rings. The fourth-order valence-corrected chi connectivity index (χ4v) is 1.26. The average Bonchev–Trinajstić information content (AvgIpc) is 2.26. The van der Waals surface area contributed by atoms with Crippen molar-refractivity contribution < 1.29 is 29.0 Å². The van der Waals surface area contributed by atoms with Gasteiger partial charge >= 0.3 is 11.9 Å². The van der Waals surface area contributed by atoms with Gasteiger partial charge < -0.3 is 14.6 Å². The van der Waals surface area contributed by atoms with Gasteiger partial charge in [-0.25, -0.2) is 0 Å². The summed E-state index contributed by atoms with van der Waals surface area (Å²) in [7, 11) is 0. The van der Waals surface area contributed by atoms with Crippen LogP contribution in [-0.4, -0.2) is 42.6 Å². The summed E-state index contributed by atoms with van der Waals surface area (Å²) in [5.74, 6) is -3.07. The molecule has 98 valence electrons. The van der Waals surface area contributed by atoms with Crippen LogP contribution in [-0.2, 0) is 23.9 Å². The van der Waals surface area contributed by atoms with E-state index in [1.165, 1.54) is 0 Å². The average molecular weight is 246 g/mol. The van der Waals surface area contributed by atoms with Gasteiger partial charge in [-0.3, -0.25) is 14.4 Å². The smallest absolute Gasteiger partial charge is 0.316 e. The van der Waals surface area contributed by atoms with E-state index in [0.29, 0.717) is 0 Å². The van der Waals surface area contributed by atoms with E-state index in [0.717, 1.165) is 0 Å². The zero-order valence-electron chi connectivity index (χ0n) is 10.1. The molecule has 0 saturated carbocycles. The van der Waals surface area contributed by atoms with Crippen molar-refractivity contribution >= 4 is 17.7 Å². The quantitative estimate of drug-likeness (QED) is 0.481. The Kier molecular flexibility index (Phi) is 7.96. The Morgan fingerprint density at radius 1 is 1.12 bits per heavy atom. The lowest BCUT2D eigenvalue weighted by Gasteiger charge is -2.12. The summed E-state index contributed by atoms with van der Waals surface area (Å²) < 4.78 is 9.30. The van der Waals surface area contributed by atoms with Gasteiger partial charge in [0.2, 0.25) is 0 Å². The maximum atomic E-state index is 11.6. The van der Waals surface area contributed by atoms with Gasteiger partial charge in [0.05, 0.1) is 13.2 Å². The standard InChI is InChI=1S/C11H18O6/c1-3-16-10(14)7-9(13)8(5-6-12)11(15)17-4-2/h8,12H,3-7H2,1-2H3. The predicted molar refractivity (Wildman–Crippen MR) is 58.1 cm³/mol. The maximum Gasteiger partial charge on any atom is 0.316 e. The number of hydrogen-bond acceptors (Lipinski definition) is 6. The van der Waals surface area contributed by atoms with Crippen molar-refractivity contribution in [2.75, 3.05) is 19.8 Å². The minimum absolute atomic E-state index is 0.0446. The molecule has 1 N–H and O–H groups in total. The first kappa shape index (κ1) is 15.6. The van der Waals surface area contributed by atoms with Crippen molar-refractivity contribution in [3.05, 3.63) is 0 Å². The molecule has 1 unspecified atom stereocenters. The summed E-state index contributed by atoms with van der Waals surface area (Å²) in [5.41, 5.74) is 0. The molecule has 0 amide bonds. The second-order valence-electron chi connectivity index (χ2n) is 3.27. The minimum atomic E-state index is -1.09. The van der Waals surface area contributed by atoms with E-state index in [1.807, 2.05) is 0 Å². The lowest BCUT2D eigenvalue weighted by molar-refractivity contribution is -0.154. The van der Waals surface area contributed by atoms with E-state index in [-0.39, 0.29) is 26.2 Å². The normalized spacial score (nSPS) is 11.7. The number of hydrogen-bond donors (Lipinski definition) is 1. The van der Waals surface area contributed by atoms with Crippen LogP contribution >= 0.6 is 0 Å². The summed E-state index contributed by atoms with van der Waals surface area (Å²) in [5, 5.41) is 8.76. The first-order valence-corrected chi connectivity index (χ1v) is 5.52. The number of ether oxygens (including phenoxy) is 2. The van der Waals surface area contributed by atoms with Gasteiger partial charge in [-0.05, 0) is 20.3 Å². The van der Waals surface area contributed by atoms with Gasteiger partial charge in [-0.1, -0.05) is 0 Å². The molecule has 0 bridgehead atoms. The fraction of sp³-hybridized carbons (Fsp3) is 0.727. The van der Waals surface area contributed by atoms with Crippen molar-refractivity contribution in [2.45, 2.75) is 26.7 Å². The molecular formula is C11H18O6. The fourth-order valence-electron chi connectivity index (χ4n) is 1.26. The van der Waals surface area contributed by atoms with Crippen molar-refractivity contribution in [1.82, 2.24) is 0 Å². The predicted octanol–water partition coefficient (Wildman–Crippen LogP) is 0.0704. The van der Waals surface area contributed by atoms with Crippen molar-refractivity contribution in [3.63, 3.8) is 0 Å². The number of rotatable bonds is 8. The zero-order valence-corrected chi connectivity index (χ0v) is 10.1. The molecular weight excluding hydrogens is 228 g/mol. The van der Waals surface area contributed by atoms with Crippen LogP contribution < -0.4 is 0 Å². The van der Waals surface area contributed by atoms with Gasteiger partial charge in [0, 0.05) is 6.61 Å². The first-order valence-electron chi connectivity index (χ1n) is 5.52. The largest absolute Gasteiger partial charge is 0.466 e. The Labute approximate surface area is 99.9 Å². The van der Waals surface area contributed by atoms with Gasteiger partial charge in [0.1, 0.15) is 12.3 Å². The Bertz CT molecular complexity index is 273. The highest BCUT2D eigenvalue weighted by Crippen LogP contribution is 2.10. The number of esters is 2. The van der Waals surface area contributed by atoms with Crippen LogP contribution in [0.3, 0.4) is 0 Å². The molecule has 0 heterocycles. The molecule has 0 saturated heterocycles. The lowest BCUT2D eigenvalue weighted by Crippen LogP contribution is -2.29. The number of aliphatic hydroxyl groups is 1. The van der Waals surface area contributed by atoms with Crippen LogP contribution in [0.25, 0.3) is 0 Å². The molecule has 0 aliphatic rings. The highest BCUT2D eigenvalue weighted by Gasteiger charge is 2.29.